The molecule has 27 heavy (non-hydrogen) atoms. The minimum Gasteiger partial charge on any atom is -0.491 e. The average molecular weight is 375 g/mol. The first kappa shape index (κ1) is 20.1. The van der Waals surface area contributed by atoms with Crippen molar-refractivity contribution in [1.82, 2.24) is 0 Å². The summed E-state index contributed by atoms with van der Waals surface area (Å²) in [4.78, 5) is 0. The fourth-order valence-corrected chi connectivity index (χ4v) is 4.45. The molecule has 0 heterocycles. The fourth-order valence-electron chi connectivity index (χ4n) is 4.45. The summed E-state index contributed by atoms with van der Waals surface area (Å²) in [5.41, 5.74) is 0.513. The number of rotatable bonds is 6. The Balaban J connectivity index is 1.55. The van der Waals surface area contributed by atoms with Gasteiger partial charge < -0.3 is 4.74 Å². The predicted octanol–water partition coefficient (Wildman–Crippen LogP) is 7.19. The highest BCUT2D eigenvalue weighted by Crippen LogP contribution is 2.39. The first-order valence-electron chi connectivity index (χ1n) is 10.6. The summed E-state index contributed by atoms with van der Waals surface area (Å²) in [6.45, 7) is 4.36. The summed E-state index contributed by atoms with van der Waals surface area (Å²) in [6, 6.07) is 3.28. The highest BCUT2D eigenvalue weighted by atomic mass is 19.2. The number of benzene rings is 1. The van der Waals surface area contributed by atoms with Crippen molar-refractivity contribution in [2.75, 3.05) is 6.61 Å². The van der Waals surface area contributed by atoms with Gasteiger partial charge in [-0.3, -0.25) is 0 Å². The minimum absolute atomic E-state index is 0.0150. The summed E-state index contributed by atoms with van der Waals surface area (Å²) in [6.07, 6.45) is 17.2. The quantitative estimate of drug-likeness (QED) is 0.479. The molecule has 1 fully saturated rings. The maximum absolute atomic E-state index is 14.4. The predicted molar refractivity (Wildman–Crippen MR) is 107 cm³/mol. The molecule has 0 aromatic heterocycles. The molecule has 0 N–H and O–H groups in total. The molecule has 1 aromatic rings. The lowest BCUT2D eigenvalue weighted by molar-refractivity contribution is 0.310. The third kappa shape index (κ3) is 5.00. The number of hydrogen-bond donors (Lipinski definition) is 0. The zero-order chi connectivity index (χ0) is 19.2. The Morgan fingerprint density at radius 1 is 0.926 bits per heavy atom. The molecule has 0 bridgehead atoms. The van der Waals surface area contributed by atoms with Crippen LogP contribution >= 0.6 is 0 Å². The van der Waals surface area contributed by atoms with Crippen LogP contribution in [0.2, 0.25) is 0 Å². The van der Waals surface area contributed by atoms with Crippen LogP contribution in [0.5, 0.6) is 5.75 Å². The second-order valence-corrected chi connectivity index (χ2v) is 8.00. The van der Waals surface area contributed by atoms with Crippen molar-refractivity contribution in [3.63, 3.8) is 0 Å². The summed E-state index contributed by atoms with van der Waals surface area (Å²) in [5.74, 6) is 0.455. The van der Waals surface area contributed by atoms with Crippen LogP contribution < -0.4 is 4.74 Å². The highest BCUT2D eigenvalue weighted by molar-refractivity contribution is 5.33. The maximum atomic E-state index is 14.4. The summed E-state index contributed by atoms with van der Waals surface area (Å²) < 4.78 is 33.7. The second kappa shape index (κ2) is 9.52. The summed E-state index contributed by atoms with van der Waals surface area (Å²) >= 11 is 0. The standard InChI is InChI=1S/C24H32F2O/c1-3-17-5-7-18(8-6-17)9-10-19-11-13-20(14-12-19)21-15-16-22(27-4-2)24(26)23(21)25/h5,7,9-10,15-20H,3-4,6,8,11-14H2,1-2H3. The Kier molecular flexibility index (Phi) is 7.09. The molecule has 2 atom stereocenters. The maximum Gasteiger partial charge on any atom is 0.200 e. The molecule has 0 spiro atoms. The van der Waals surface area contributed by atoms with Gasteiger partial charge in [-0.05, 0) is 87.2 Å². The van der Waals surface area contributed by atoms with E-state index in [2.05, 4.69) is 31.2 Å². The largest absolute Gasteiger partial charge is 0.491 e. The van der Waals surface area contributed by atoms with Gasteiger partial charge in [0.15, 0.2) is 11.6 Å². The highest BCUT2D eigenvalue weighted by Gasteiger charge is 2.26. The van der Waals surface area contributed by atoms with Crippen molar-refractivity contribution in [2.45, 2.75) is 64.7 Å². The van der Waals surface area contributed by atoms with Gasteiger partial charge in [0.25, 0.3) is 0 Å². The third-order valence-corrected chi connectivity index (χ3v) is 6.24. The zero-order valence-corrected chi connectivity index (χ0v) is 16.6. The van der Waals surface area contributed by atoms with Crippen molar-refractivity contribution >= 4 is 0 Å². The van der Waals surface area contributed by atoms with E-state index in [1.807, 2.05) is 0 Å². The third-order valence-electron chi connectivity index (χ3n) is 6.24. The van der Waals surface area contributed by atoms with Crippen molar-refractivity contribution < 1.29 is 13.5 Å². The van der Waals surface area contributed by atoms with Crippen LogP contribution in [0.1, 0.15) is 70.3 Å². The van der Waals surface area contributed by atoms with Crippen LogP contribution in [0.25, 0.3) is 0 Å². The Labute approximate surface area is 162 Å². The molecule has 1 nitrogen and oxygen atoms in total. The Hall–Kier alpha value is -1.64. The monoisotopic (exact) mass is 374 g/mol. The Morgan fingerprint density at radius 3 is 2.33 bits per heavy atom. The van der Waals surface area contributed by atoms with Gasteiger partial charge >= 0.3 is 0 Å². The zero-order valence-electron chi connectivity index (χ0n) is 16.6. The average Bonchev–Trinajstić information content (AvgIpc) is 2.71. The van der Waals surface area contributed by atoms with Crippen LogP contribution in [0.3, 0.4) is 0 Å². The fraction of sp³-hybridized carbons (Fsp3) is 0.583. The van der Waals surface area contributed by atoms with Crippen LogP contribution in [0.4, 0.5) is 8.78 Å². The summed E-state index contributed by atoms with van der Waals surface area (Å²) in [5, 5.41) is 0. The lowest BCUT2D eigenvalue weighted by atomic mass is 9.78. The van der Waals surface area contributed by atoms with Gasteiger partial charge in [0, 0.05) is 0 Å². The molecule has 3 heteroatoms. The van der Waals surface area contributed by atoms with Crippen LogP contribution in [-0.4, -0.2) is 6.61 Å². The molecule has 2 unspecified atom stereocenters. The van der Waals surface area contributed by atoms with E-state index in [-0.39, 0.29) is 11.7 Å². The van der Waals surface area contributed by atoms with E-state index in [0.29, 0.717) is 24.0 Å². The molecule has 1 aromatic carbocycles. The molecule has 3 rings (SSSR count). The molecule has 0 amide bonds. The SMILES string of the molecule is CCOc1ccc(C2CCC(C=CC3C=CC(CC)CC3)CC2)c(F)c1F. The molecule has 148 valence electrons. The topological polar surface area (TPSA) is 9.23 Å². The van der Waals surface area contributed by atoms with E-state index < -0.39 is 11.6 Å². The number of ether oxygens (including phenoxy) is 1. The van der Waals surface area contributed by atoms with E-state index in [9.17, 15) is 8.78 Å². The Bertz CT molecular complexity index is 671. The number of allylic oxidation sites excluding steroid dienone is 4. The van der Waals surface area contributed by atoms with Crippen LogP contribution in [0.15, 0.2) is 36.4 Å². The lowest BCUT2D eigenvalue weighted by Gasteiger charge is -2.28. The molecular formula is C24H32F2O. The van der Waals surface area contributed by atoms with E-state index in [1.54, 1.807) is 19.1 Å². The van der Waals surface area contributed by atoms with Gasteiger partial charge in [-0.2, -0.15) is 4.39 Å². The van der Waals surface area contributed by atoms with Crippen LogP contribution in [-0.2, 0) is 0 Å². The van der Waals surface area contributed by atoms with Crippen molar-refractivity contribution in [3.8, 4) is 5.75 Å². The van der Waals surface area contributed by atoms with Gasteiger partial charge in [-0.15, -0.1) is 0 Å². The molecule has 2 aliphatic carbocycles. The Morgan fingerprint density at radius 2 is 1.70 bits per heavy atom. The first-order chi connectivity index (χ1) is 13.1. The molecular weight excluding hydrogens is 342 g/mol. The number of halogens is 2. The van der Waals surface area contributed by atoms with E-state index in [4.69, 9.17) is 4.74 Å². The molecule has 0 aliphatic heterocycles. The minimum atomic E-state index is -0.842. The van der Waals surface area contributed by atoms with Gasteiger partial charge in [0.1, 0.15) is 0 Å². The lowest BCUT2D eigenvalue weighted by Crippen LogP contribution is -2.14. The van der Waals surface area contributed by atoms with Crippen molar-refractivity contribution in [2.24, 2.45) is 17.8 Å². The molecule has 1 saturated carbocycles. The van der Waals surface area contributed by atoms with E-state index in [0.717, 1.165) is 31.6 Å². The van der Waals surface area contributed by atoms with Gasteiger partial charge in [-0.25, -0.2) is 4.39 Å². The van der Waals surface area contributed by atoms with Gasteiger partial charge in [0.05, 0.1) is 6.61 Å². The smallest absolute Gasteiger partial charge is 0.200 e. The summed E-state index contributed by atoms with van der Waals surface area (Å²) in [7, 11) is 0. The molecule has 0 saturated heterocycles. The van der Waals surface area contributed by atoms with E-state index >= 15 is 0 Å². The van der Waals surface area contributed by atoms with Gasteiger partial charge in [-0.1, -0.05) is 37.3 Å². The van der Waals surface area contributed by atoms with E-state index in [1.165, 1.54) is 19.3 Å². The van der Waals surface area contributed by atoms with Gasteiger partial charge in [0.2, 0.25) is 5.82 Å². The molecule has 0 radical (unpaired) electrons. The molecule has 2 aliphatic rings. The normalized spacial score (nSPS) is 28.6. The second-order valence-electron chi connectivity index (χ2n) is 8.00. The van der Waals surface area contributed by atoms with Crippen molar-refractivity contribution in [1.29, 1.82) is 0 Å². The first-order valence-corrected chi connectivity index (χ1v) is 10.6. The van der Waals surface area contributed by atoms with Crippen molar-refractivity contribution in [3.05, 3.63) is 53.6 Å². The van der Waals surface area contributed by atoms with Crippen LogP contribution in [0, 0.1) is 29.4 Å². The number of hydrogen-bond acceptors (Lipinski definition) is 1.